The number of aliphatic imine (C=N–C) groups is 1. The van der Waals surface area contributed by atoms with Gasteiger partial charge in [-0.15, -0.1) is 0 Å². The van der Waals surface area contributed by atoms with Crippen LogP contribution in [0.5, 0.6) is 0 Å². The molecule has 2 fully saturated rings. The zero-order valence-corrected chi connectivity index (χ0v) is 22.3. The van der Waals surface area contributed by atoms with E-state index in [-0.39, 0.29) is 30.9 Å². The number of guanidine groups is 1. The molecular formula is C28H34N6O3S. The normalized spacial score (nSPS) is 18.2. The van der Waals surface area contributed by atoms with Crippen LogP contribution in [0.2, 0.25) is 0 Å². The van der Waals surface area contributed by atoms with Crippen LogP contribution in [-0.4, -0.2) is 64.9 Å². The molecule has 0 saturated carbocycles. The maximum absolute atomic E-state index is 13.3. The summed E-state index contributed by atoms with van der Waals surface area (Å²) in [6.45, 7) is 2.41. The molecule has 2 saturated heterocycles. The third-order valence-corrected chi connectivity index (χ3v) is 8.03. The Kier molecular flexibility index (Phi) is 10.0. The van der Waals surface area contributed by atoms with Crippen molar-refractivity contribution in [3.8, 4) is 6.19 Å². The molecule has 2 aromatic carbocycles. The van der Waals surface area contributed by atoms with Crippen LogP contribution < -0.4 is 10.6 Å². The first-order valence-corrected chi connectivity index (χ1v) is 13.9. The quantitative estimate of drug-likeness (QED) is 0.206. The Morgan fingerprint density at radius 1 is 1.03 bits per heavy atom. The minimum absolute atomic E-state index is 0.00239. The molecule has 38 heavy (non-hydrogen) atoms. The molecule has 200 valence electrons. The summed E-state index contributed by atoms with van der Waals surface area (Å²) in [4.78, 5) is 36.0. The first-order chi connectivity index (χ1) is 18.6. The van der Waals surface area contributed by atoms with Crippen molar-refractivity contribution in [3.05, 3.63) is 59.7 Å². The van der Waals surface area contributed by atoms with Gasteiger partial charge in [-0.1, -0.05) is 48.2 Å². The summed E-state index contributed by atoms with van der Waals surface area (Å²) in [6.07, 6.45) is 6.20. The van der Waals surface area contributed by atoms with Crippen LogP contribution in [0.1, 0.15) is 43.2 Å². The van der Waals surface area contributed by atoms with E-state index >= 15 is 0 Å². The van der Waals surface area contributed by atoms with E-state index in [1.54, 1.807) is 16.7 Å². The van der Waals surface area contributed by atoms with E-state index in [4.69, 9.17) is 0 Å². The standard InChI is InChI=1S/C28H34N6O3S/c29-20-31-28(30-17-21-9-1-3-12-24(21)38-25-13-4-2-10-22(25)19-35)32-23-11-5-6-16-34(27(23)37)18-26(36)33-14-7-8-15-33/h1-4,9-10,12-13,23,35H,5-8,11,14-19H2,(H2,30,31,32). The van der Waals surface area contributed by atoms with Gasteiger partial charge in [0.2, 0.25) is 17.8 Å². The van der Waals surface area contributed by atoms with Gasteiger partial charge >= 0.3 is 0 Å². The fourth-order valence-corrected chi connectivity index (χ4v) is 5.77. The van der Waals surface area contributed by atoms with Crippen LogP contribution in [0.3, 0.4) is 0 Å². The predicted molar refractivity (Wildman–Crippen MR) is 146 cm³/mol. The van der Waals surface area contributed by atoms with Crippen LogP contribution in [-0.2, 0) is 22.7 Å². The van der Waals surface area contributed by atoms with Gasteiger partial charge in [0.25, 0.3) is 0 Å². The zero-order chi connectivity index (χ0) is 26.7. The van der Waals surface area contributed by atoms with Crippen LogP contribution in [0.25, 0.3) is 0 Å². The summed E-state index contributed by atoms with van der Waals surface area (Å²) in [5.41, 5.74) is 1.80. The summed E-state index contributed by atoms with van der Waals surface area (Å²) in [5.74, 6) is 0.0885. The number of benzene rings is 2. The summed E-state index contributed by atoms with van der Waals surface area (Å²) in [7, 11) is 0. The van der Waals surface area contributed by atoms with Crippen molar-refractivity contribution in [2.24, 2.45) is 4.99 Å². The van der Waals surface area contributed by atoms with Crippen molar-refractivity contribution in [2.75, 3.05) is 26.2 Å². The maximum Gasteiger partial charge on any atom is 0.245 e. The van der Waals surface area contributed by atoms with Crippen LogP contribution in [0, 0.1) is 11.5 Å². The molecule has 9 nitrogen and oxygen atoms in total. The number of nitrogens with one attached hydrogen (secondary N) is 2. The van der Waals surface area contributed by atoms with E-state index in [1.807, 2.05) is 59.6 Å². The fraction of sp³-hybridized carbons (Fsp3) is 0.429. The number of hydrogen-bond donors (Lipinski definition) is 3. The summed E-state index contributed by atoms with van der Waals surface area (Å²) >= 11 is 1.55. The zero-order valence-electron chi connectivity index (χ0n) is 21.4. The van der Waals surface area contributed by atoms with E-state index in [9.17, 15) is 20.0 Å². The average molecular weight is 535 g/mol. The monoisotopic (exact) mass is 534 g/mol. The van der Waals surface area contributed by atoms with Crippen molar-refractivity contribution in [3.63, 3.8) is 0 Å². The molecule has 1 atom stereocenters. The molecule has 2 aliphatic heterocycles. The third kappa shape index (κ3) is 7.27. The minimum atomic E-state index is -0.565. The predicted octanol–water partition coefficient (Wildman–Crippen LogP) is 2.85. The summed E-state index contributed by atoms with van der Waals surface area (Å²) in [6, 6.07) is 15.0. The van der Waals surface area contributed by atoms with Gasteiger partial charge in [0.1, 0.15) is 6.04 Å². The number of carbonyl (C=O) groups excluding carboxylic acids is 2. The van der Waals surface area contributed by atoms with E-state index < -0.39 is 6.04 Å². The lowest BCUT2D eigenvalue weighted by Crippen LogP contribution is -2.52. The first kappa shape index (κ1) is 27.5. The number of likely N-dealkylation sites (tertiary alicyclic amines) is 2. The minimum Gasteiger partial charge on any atom is -0.392 e. The Hall–Kier alpha value is -3.55. The molecule has 2 aromatic rings. The Morgan fingerprint density at radius 2 is 1.68 bits per heavy atom. The Morgan fingerprint density at radius 3 is 2.39 bits per heavy atom. The molecule has 0 bridgehead atoms. The van der Waals surface area contributed by atoms with Crippen LogP contribution >= 0.6 is 11.8 Å². The van der Waals surface area contributed by atoms with Gasteiger partial charge in [-0.2, -0.15) is 5.26 Å². The largest absolute Gasteiger partial charge is 0.392 e. The number of aliphatic hydroxyl groups is 1. The topological polar surface area (TPSA) is 121 Å². The van der Waals surface area contributed by atoms with Crippen molar-refractivity contribution in [2.45, 2.75) is 61.1 Å². The van der Waals surface area contributed by atoms with E-state index in [2.05, 4.69) is 15.6 Å². The molecular weight excluding hydrogens is 500 g/mol. The molecule has 2 amide bonds. The summed E-state index contributed by atoms with van der Waals surface area (Å²) < 4.78 is 0. The van der Waals surface area contributed by atoms with Crippen molar-refractivity contribution in [1.82, 2.24) is 20.4 Å². The van der Waals surface area contributed by atoms with Crippen molar-refractivity contribution >= 4 is 29.5 Å². The number of rotatable bonds is 8. The van der Waals surface area contributed by atoms with Gasteiger partial charge in [-0.3, -0.25) is 14.9 Å². The number of nitriles is 1. The number of carbonyl (C=O) groups is 2. The molecule has 0 radical (unpaired) electrons. The SMILES string of the molecule is N#CNC(=NCc1ccccc1Sc1ccccc1CO)NC1CCCCN(CC(=O)N2CCCC2)C1=O. The number of hydrogen-bond acceptors (Lipinski definition) is 6. The number of amides is 2. The Bertz CT molecular complexity index is 1190. The lowest BCUT2D eigenvalue weighted by Gasteiger charge is -2.27. The number of aliphatic hydroxyl groups excluding tert-OH is 1. The highest BCUT2D eigenvalue weighted by atomic mass is 32.2. The molecule has 0 aromatic heterocycles. The second kappa shape index (κ2) is 13.8. The summed E-state index contributed by atoms with van der Waals surface area (Å²) in [5, 5.41) is 24.7. The highest BCUT2D eigenvalue weighted by Gasteiger charge is 2.30. The van der Waals surface area contributed by atoms with Crippen LogP contribution in [0.15, 0.2) is 63.3 Å². The molecule has 3 N–H and O–H groups in total. The van der Waals surface area contributed by atoms with E-state index in [1.165, 1.54) is 0 Å². The lowest BCUT2D eigenvalue weighted by atomic mass is 10.1. The van der Waals surface area contributed by atoms with Gasteiger partial charge in [0.15, 0.2) is 6.19 Å². The molecule has 4 rings (SSSR count). The smallest absolute Gasteiger partial charge is 0.245 e. The highest BCUT2D eigenvalue weighted by molar-refractivity contribution is 7.99. The molecule has 1 unspecified atom stereocenters. The molecule has 0 aliphatic carbocycles. The Balaban J connectivity index is 1.45. The van der Waals surface area contributed by atoms with Crippen LogP contribution in [0.4, 0.5) is 0 Å². The second-order valence-electron chi connectivity index (χ2n) is 9.42. The second-order valence-corrected chi connectivity index (χ2v) is 10.5. The third-order valence-electron chi connectivity index (χ3n) is 6.79. The van der Waals surface area contributed by atoms with Crippen molar-refractivity contribution < 1.29 is 14.7 Å². The van der Waals surface area contributed by atoms with Gasteiger partial charge in [-0.25, -0.2) is 4.99 Å². The molecule has 0 spiro atoms. The van der Waals surface area contributed by atoms with E-state index in [0.29, 0.717) is 19.5 Å². The van der Waals surface area contributed by atoms with Gasteiger partial charge < -0.3 is 20.2 Å². The Labute approximate surface area is 227 Å². The molecule has 10 heteroatoms. The number of nitrogens with zero attached hydrogens (tertiary/aromatic N) is 4. The maximum atomic E-state index is 13.3. The highest BCUT2D eigenvalue weighted by Crippen LogP contribution is 2.33. The average Bonchev–Trinajstić information content (AvgIpc) is 3.43. The van der Waals surface area contributed by atoms with E-state index in [0.717, 1.165) is 59.7 Å². The van der Waals surface area contributed by atoms with Gasteiger partial charge in [0, 0.05) is 29.4 Å². The fourth-order valence-electron chi connectivity index (χ4n) is 4.72. The molecule has 2 heterocycles. The molecule has 2 aliphatic rings. The lowest BCUT2D eigenvalue weighted by molar-refractivity contribution is -0.140. The first-order valence-electron chi connectivity index (χ1n) is 13.1. The van der Waals surface area contributed by atoms with Gasteiger partial charge in [-0.05, 0) is 55.4 Å². The van der Waals surface area contributed by atoms with Crippen molar-refractivity contribution in [1.29, 1.82) is 5.26 Å². The van der Waals surface area contributed by atoms with Gasteiger partial charge in [0.05, 0.1) is 19.7 Å².